The number of nitrogens with zero attached hydrogens (tertiary/aromatic N) is 1. The summed E-state index contributed by atoms with van der Waals surface area (Å²) in [6.07, 6.45) is -4.54. The highest BCUT2D eigenvalue weighted by atomic mass is 32.1. The molecule has 7 heteroatoms. The van der Waals surface area contributed by atoms with Gasteiger partial charge >= 0.3 is 6.18 Å². The number of nitrogens with one attached hydrogen (secondary N) is 1. The van der Waals surface area contributed by atoms with Crippen LogP contribution in [0.15, 0.2) is 29.6 Å². The second-order valence-corrected chi connectivity index (χ2v) is 5.19. The van der Waals surface area contributed by atoms with Gasteiger partial charge in [-0.3, -0.25) is 4.79 Å². The van der Waals surface area contributed by atoms with Gasteiger partial charge in [-0.25, -0.2) is 4.98 Å². The Morgan fingerprint density at radius 1 is 1.35 bits per heavy atom. The Morgan fingerprint density at radius 3 is 2.65 bits per heavy atom. The van der Waals surface area contributed by atoms with Crippen molar-refractivity contribution in [1.29, 1.82) is 0 Å². The number of benzene rings is 1. The van der Waals surface area contributed by atoms with E-state index in [1.807, 2.05) is 0 Å². The predicted octanol–water partition coefficient (Wildman–Crippen LogP) is 3.65. The van der Waals surface area contributed by atoms with Crippen LogP contribution in [-0.4, -0.2) is 10.9 Å². The molecule has 1 aromatic heterocycles. The Bertz CT molecular complexity index is 622. The van der Waals surface area contributed by atoms with Crippen LogP contribution in [0.25, 0.3) is 0 Å². The molecule has 1 N–H and O–H groups in total. The van der Waals surface area contributed by atoms with E-state index in [-0.39, 0.29) is 12.1 Å². The van der Waals surface area contributed by atoms with Crippen molar-refractivity contribution in [3.05, 3.63) is 45.9 Å². The van der Waals surface area contributed by atoms with E-state index in [2.05, 4.69) is 10.3 Å². The van der Waals surface area contributed by atoms with Crippen LogP contribution in [0, 0.1) is 6.92 Å². The molecule has 20 heavy (non-hydrogen) atoms. The van der Waals surface area contributed by atoms with E-state index in [4.69, 9.17) is 0 Å². The minimum absolute atomic E-state index is 0.0451. The van der Waals surface area contributed by atoms with Crippen molar-refractivity contribution >= 4 is 22.9 Å². The minimum atomic E-state index is -4.50. The number of hydrogen-bond acceptors (Lipinski definition) is 3. The quantitative estimate of drug-likeness (QED) is 0.940. The summed E-state index contributed by atoms with van der Waals surface area (Å²) in [4.78, 5) is 15.9. The van der Waals surface area contributed by atoms with Gasteiger partial charge in [0.15, 0.2) is 0 Å². The summed E-state index contributed by atoms with van der Waals surface area (Å²) in [6.45, 7) is 1.80. The third-order valence-electron chi connectivity index (χ3n) is 2.51. The number of alkyl halides is 3. The number of thiazole rings is 1. The van der Waals surface area contributed by atoms with Gasteiger partial charge in [0.2, 0.25) is 5.91 Å². The number of aryl methyl sites for hydroxylation is 1. The Morgan fingerprint density at radius 2 is 2.05 bits per heavy atom. The summed E-state index contributed by atoms with van der Waals surface area (Å²) in [5, 5.41) is 4.80. The van der Waals surface area contributed by atoms with E-state index in [0.717, 1.165) is 11.1 Å². The summed E-state index contributed by atoms with van der Waals surface area (Å²) in [5.41, 5.74) is -0.547. The van der Waals surface area contributed by atoms with Gasteiger partial charge in [0.25, 0.3) is 0 Å². The summed E-state index contributed by atoms with van der Waals surface area (Å²) >= 11 is 1.39. The first-order valence-corrected chi connectivity index (χ1v) is 6.61. The molecular formula is C13H11F3N2OS. The fourth-order valence-corrected chi connectivity index (χ4v) is 2.30. The van der Waals surface area contributed by atoms with Crippen molar-refractivity contribution in [2.24, 2.45) is 0 Å². The largest absolute Gasteiger partial charge is 0.418 e. The molecule has 3 nitrogen and oxygen atoms in total. The number of hydrogen-bond donors (Lipinski definition) is 1. The Balaban J connectivity index is 2.12. The SMILES string of the molecule is Cc1nc(CC(=O)Nc2ccccc2C(F)(F)F)cs1. The van der Waals surface area contributed by atoms with Gasteiger partial charge in [-0.15, -0.1) is 11.3 Å². The van der Waals surface area contributed by atoms with Crippen molar-refractivity contribution in [3.63, 3.8) is 0 Å². The zero-order valence-corrected chi connectivity index (χ0v) is 11.3. The monoisotopic (exact) mass is 300 g/mol. The molecule has 0 radical (unpaired) electrons. The van der Waals surface area contributed by atoms with Crippen LogP contribution in [0.3, 0.4) is 0 Å². The zero-order chi connectivity index (χ0) is 14.8. The van der Waals surface area contributed by atoms with Crippen LogP contribution in [0.5, 0.6) is 0 Å². The molecule has 0 unspecified atom stereocenters. The lowest BCUT2D eigenvalue weighted by molar-refractivity contribution is -0.137. The first kappa shape index (κ1) is 14.5. The summed E-state index contributed by atoms with van der Waals surface area (Å²) in [6, 6.07) is 4.88. The molecular weight excluding hydrogens is 289 g/mol. The van der Waals surface area contributed by atoms with E-state index < -0.39 is 17.6 Å². The lowest BCUT2D eigenvalue weighted by Crippen LogP contribution is -2.18. The molecule has 106 valence electrons. The number of halogens is 3. The first-order chi connectivity index (χ1) is 9.36. The van der Waals surface area contributed by atoms with Crippen LogP contribution >= 0.6 is 11.3 Å². The second kappa shape index (κ2) is 5.62. The molecule has 1 amide bonds. The third-order valence-corrected chi connectivity index (χ3v) is 3.34. The summed E-state index contributed by atoms with van der Waals surface area (Å²) in [5.74, 6) is -0.521. The number of para-hydroxylation sites is 1. The molecule has 2 rings (SSSR count). The minimum Gasteiger partial charge on any atom is -0.325 e. The van der Waals surface area contributed by atoms with Crippen molar-refractivity contribution < 1.29 is 18.0 Å². The molecule has 0 saturated carbocycles. The molecule has 0 aliphatic carbocycles. The Kier molecular flexibility index (Phi) is 4.08. The number of anilines is 1. The number of amides is 1. The van der Waals surface area contributed by atoms with Crippen LogP contribution in [0.4, 0.5) is 18.9 Å². The first-order valence-electron chi connectivity index (χ1n) is 5.73. The maximum absolute atomic E-state index is 12.8. The lowest BCUT2D eigenvalue weighted by atomic mass is 10.1. The van der Waals surface area contributed by atoms with Gasteiger partial charge in [0, 0.05) is 5.38 Å². The number of carbonyl (C=O) groups excluding carboxylic acids is 1. The predicted molar refractivity (Wildman–Crippen MR) is 70.6 cm³/mol. The van der Waals surface area contributed by atoms with E-state index in [0.29, 0.717) is 5.69 Å². The molecule has 0 spiro atoms. The van der Waals surface area contributed by atoms with Gasteiger partial charge in [-0.1, -0.05) is 12.1 Å². The maximum Gasteiger partial charge on any atom is 0.418 e. The molecule has 0 aliphatic heterocycles. The maximum atomic E-state index is 12.8. The van der Waals surface area contributed by atoms with E-state index in [9.17, 15) is 18.0 Å². The van der Waals surface area contributed by atoms with Gasteiger partial charge in [-0.05, 0) is 19.1 Å². The van der Waals surface area contributed by atoms with Gasteiger partial charge in [-0.2, -0.15) is 13.2 Å². The molecule has 0 atom stereocenters. The Labute approximate surface area is 117 Å². The molecule has 0 saturated heterocycles. The van der Waals surface area contributed by atoms with Crippen LogP contribution < -0.4 is 5.32 Å². The normalized spacial score (nSPS) is 11.4. The fourth-order valence-electron chi connectivity index (χ4n) is 1.69. The van der Waals surface area contributed by atoms with E-state index in [1.54, 1.807) is 12.3 Å². The van der Waals surface area contributed by atoms with Gasteiger partial charge in [0.1, 0.15) is 0 Å². The number of rotatable bonds is 3. The van der Waals surface area contributed by atoms with Gasteiger partial charge in [0.05, 0.1) is 28.4 Å². The zero-order valence-electron chi connectivity index (χ0n) is 10.5. The van der Waals surface area contributed by atoms with Crippen molar-refractivity contribution in [3.8, 4) is 0 Å². The molecule has 0 aliphatic rings. The molecule has 0 fully saturated rings. The molecule has 1 heterocycles. The number of carbonyl (C=O) groups is 1. The Hall–Kier alpha value is -1.89. The molecule has 1 aromatic carbocycles. The topological polar surface area (TPSA) is 42.0 Å². The van der Waals surface area contributed by atoms with Crippen molar-refractivity contribution in [2.45, 2.75) is 19.5 Å². The van der Waals surface area contributed by atoms with Crippen LogP contribution in [-0.2, 0) is 17.4 Å². The van der Waals surface area contributed by atoms with Crippen LogP contribution in [0.2, 0.25) is 0 Å². The fraction of sp³-hybridized carbons (Fsp3) is 0.231. The highest BCUT2D eigenvalue weighted by molar-refractivity contribution is 7.09. The standard InChI is InChI=1S/C13H11F3N2OS/c1-8-17-9(7-20-8)6-12(19)18-11-5-3-2-4-10(11)13(14,15)16/h2-5,7H,6H2,1H3,(H,18,19). The number of aromatic nitrogens is 1. The highest BCUT2D eigenvalue weighted by Gasteiger charge is 2.33. The summed E-state index contributed by atoms with van der Waals surface area (Å²) in [7, 11) is 0. The molecule has 2 aromatic rings. The highest BCUT2D eigenvalue weighted by Crippen LogP contribution is 2.34. The second-order valence-electron chi connectivity index (χ2n) is 4.13. The summed E-state index contributed by atoms with van der Waals surface area (Å²) < 4.78 is 38.3. The van der Waals surface area contributed by atoms with Gasteiger partial charge < -0.3 is 5.32 Å². The van der Waals surface area contributed by atoms with E-state index in [1.165, 1.54) is 29.5 Å². The average molecular weight is 300 g/mol. The van der Waals surface area contributed by atoms with Crippen molar-refractivity contribution in [1.82, 2.24) is 4.98 Å². The smallest absolute Gasteiger partial charge is 0.325 e. The lowest BCUT2D eigenvalue weighted by Gasteiger charge is -2.13. The van der Waals surface area contributed by atoms with Crippen LogP contribution in [0.1, 0.15) is 16.3 Å². The van der Waals surface area contributed by atoms with E-state index >= 15 is 0 Å². The molecule has 0 bridgehead atoms. The third kappa shape index (κ3) is 3.57. The van der Waals surface area contributed by atoms with Crippen molar-refractivity contribution in [2.75, 3.05) is 5.32 Å². The average Bonchev–Trinajstić information content (AvgIpc) is 2.73.